The zero-order chi connectivity index (χ0) is 14.4. The van der Waals surface area contributed by atoms with Gasteiger partial charge in [0.05, 0.1) is 0 Å². The van der Waals surface area contributed by atoms with Crippen LogP contribution in [-0.4, -0.2) is 23.4 Å². The second-order valence-electron chi connectivity index (χ2n) is 5.53. The molecule has 0 bridgehead atoms. The Hall–Kier alpha value is -1.50. The molecule has 0 aromatic heterocycles. The predicted octanol–water partition coefficient (Wildman–Crippen LogP) is 2.46. The van der Waals surface area contributed by atoms with E-state index in [0.717, 1.165) is 37.0 Å². The van der Waals surface area contributed by atoms with Gasteiger partial charge in [-0.05, 0) is 50.8 Å². The van der Waals surface area contributed by atoms with Crippen molar-refractivity contribution in [2.45, 2.75) is 50.7 Å². The van der Waals surface area contributed by atoms with E-state index in [9.17, 15) is 5.11 Å². The first-order valence-corrected chi connectivity index (χ1v) is 7.34. The van der Waals surface area contributed by atoms with Crippen molar-refractivity contribution in [1.29, 1.82) is 0 Å². The molecule has 108 valence electrons. The first-order chi connectivity index (χ1) is 9.61. The fourth-order valence-electron chi connectivity index (χ4n) is 2.38. The normalized spacial score (nSPS) is 18.8. The highest BCUT2D eigenvalue weighted by molar-refractivity contribution is 5.41. The van der Waals surface area contributed by atoms with Crippen LogP contribution in [0, 0.1) is 11.8 Å². The Labute approximate surface area is 121 Å². The summed E-state index contributed by atoms with van der Waals surface area (Å²) in [5.41, 5.74) is 5.61. The molecule has 3 nitrogen and oxygen atoms in total. The standard InChI is InChI=1S/C17H23NO2/c1-14(13-18)20-16-7-5-6-15(12-16)8-11-17(19)9-3-2-4-10-17/h5-7,12,14,19H,2-4,9-10,13,18H2,1H3/t14-/m0/s1. The van der Waals surface area contributed by atoms with E-state index >= 15 is 0 Å². The van der Waals surface area contributed by atoms with Crippen LogP contribution in [0.15, 0.2) is 24.3 Å². The highest BCUT2D eigenvalue weighted by Gasteiger charge is 2.26. The van der Waals surface area contributed by atoms with Gasteiger partial charge in [-0.3, -0.25) is 0 Å². The average Bonchev–Trinajstić information content (AvgIpc) is 2.46. The number of hydrogen-bond acceptors (Lipinski definition) is 3. The van der Waals surface area contributed by atoms with Gasteiger partial charge in [0, 0.05) is 12.1 Å². The third-order valence-electron chi connectivity index (χ3n) is 3.62. The van der Waals surface area contributed by atoms with Gasteiger partial charge in [0.2, 0.25) is 0 Å². The smallest absolute Gasteiger partial charge is 0.125 e. The van der Waals surface area contributed by atoms with E-state index < -0.39 is 5.60 Å². The number of ether oxygens (including phenoxy) is 1. The van der Waals surface area contributed by atoms with Crippen LogP contribution in [0.1, 0.15) is 44.6 Å². The highest BCUT2D eigenvalue weighted by atomic mass is 16.5. The number of rotatable bonds is 3. The van der Waals surface area contributed by atoms with Gasteiger partial charge in [-0.25, -0.2) is 0 Å². The molecule has 3 N–H and O–H groups in total. The molecule has 3 heteroatoms. The number of benzene rings is 1. The minimum atomic E-state index is -0.806. The third kappa shape index (κ3) is 4.26. The Kier molecular flexibility index (Phi) is 5.05. The Morgan fingerprint density at radius 3 is 2.80 bits per heavy atom. The summed E-state index contributed by atoms with van der Waals surface area (Å²) in [4.78, 5) is 0. The van der Waals surface area contributed by atoms with Crippen molar-refractivity contribution in [3.05, 3.63) is 29.8 Å². The van der Waals surface area contributed by atoms with Crippen LogP contribution in [0.4, 0.5) is 0 Å². The monoisotopic (exact) mass is 273 g/mol. The van der Waals surface area contributed by atoms with Crippen LogP contribution >= 0.6 is 0 Å². The van der Waals surface area contributed by atoms with Gasteiger partial charge in [0.25, 0.3) is 0 Å². The molecule has 20 heavy (non-hydrogen) atoms. The zero-order valence-corrected chi connectivity index (χ0v) is 12.1. The Balaban J connectivity index is 2.08. The number of nitrogens with two attached hydrogens (primary N) is 1. The van der Waals surface area contributed by atoms with E-state index in [0.29, 0.717) is 6.54 Å². The molecule has 1 aromatic rings. The largest absolute Gasteiger partial charge is 0.489 e. The molecule has 2 rings (SSSR count). The first kappa shape index (κ1) is 14.9. The molecule has 1 fully saturated rings. The summed E-state index contributed by atoms with van der Waals surface area (Å²) >= 11 is 0. The second kappa shape index (κ2) is 6.78. The van der Waals surface area contributed by atoms with Gasteiger partial charge in [-0.15, -0.1) is 0 Å². The summed E-state index contributed by atoms with van der Waals surface area (Å²) in [6.07, 6.45) is 4.86. The minimum absolute atomic E-state index is 0.0132. The van der Waals surface area contributed by atoms with Crippen molar-refractivity contribution in [1.82, 2.24) is 0 Å². The van der Waals surface area contributed by atoms with Crippen molar-refractivity contribution in [2.24, 2.45) is 5.73 Å². The molecule has 0 saturated heterocycles. The molecule has 0 amide bonds. The van der Waals surface area contributed by atoms with Crippen LogP contribution in [-0.2, 0) is 0 Å². The summed E-state index contributed by atoms with van der Waals surface area (Å²) in [7, 11) is 0. The van der Waals surface area contributed by atoms with Gasteiger partial charge < -0.3 is 15.6 Å². The van der Waals surface area contributed by atoms with Crippen LogP contribution in [0.3, 0.4) is 0 Å². The lowest BCUT2D eigenvalue weighted by Crippen LogP contribution is -2.29. The van der Waals surface area contributed by atoms with Crippen LogP contribution in [0.25, 0.3) is 0 Å². The van der Waals surface area contributed by atoms with Crippen LogP contribution in [0.2, 0.25) is 0 Å². The van der Waals surface area contributed by atoms with E-state index in [1.807, 2.05) is 31.2 Å². The molecule has 0 heterocycles. The lowest BCUT2D eigenvalue weighted by atomic mass is 9.85. The molecule has 0 spiro atoms. The number of hydrogen-bond donors (Lipinski definition) is 2. The van der Waals surface area contributed by atoms with Crippen molar-refractivity contribution < 1.29 is 9.84 Å². The Morgan fingerprint density at radius 2 is 2.10 bits per heavy atom. The zero-order valence-electron chi connectivity index (χ0n) is 12.1. The fraction of sp³-hybridized carbons (Fsp3) is 0.529. The van der Waals surface area contributed by atoms with E-state index in [-0.39, 0.29) is 6.10 Å². The molecule has 0 radical (unpaired) electrons. The molecular formula is C17H23NO2. The second-order valence-corrected chi connectivity index (χ2v) is 5.53. The summed E-state index contributed by atoms with van der Waals surface area (Å²) in [5.74, 6) is 6.88. The maximum Gasteiger partial charge on any atom is 0.125 e. The van der Waals surface area contributed by atoms with Gasteiger partial charge in [0.1, 0.15) is 17.5 Å². The molecule has 0 unspecified atom stereocenters. The Bertz CT molecular complexity index is 495. The summed E-state index contributed by atoms with van der Waals surface area (Å²) in [6, 6.07) is 7.63. The summed E-state index contributed by atoms with van der Waals surface area (Å²) in [5, 5.41) is 10.4. The minimum Gasteiger partial charge on any atom is -0.489 e. The van der Waals surface area contributed by atoms with Crippen LogP contribution in [0.5, 0.6) is 5.75 Å². The lowest BCUT2D eigenvalue weighted by molar-refractivity contribution is 0.0610. The van der Waals surface area contributed by atoms with E-state index in [1.165, 1.54) is 6.42 Å². The van der Waals surface area contributed by atoms with Gasteiger partial charge in [-0.1, -0.05) is 24.3 Å². The average molecular weight is 273 g/mol. The summed E-state index contributed by atoms with van der Waals surface area (Å²) in [6.45, 7) is 2.42. The molecular weight excluding hydrogens is 250 g/mol. The van der Waals surface area contributed by atoms with Crippen molar-refractivity contribution in [3.63, 3.8) is 0 Å². The molecule has 1 aliphatic carbocycles. The molecule has 1 aliphatic rings. The van der Waals surface area contributed by atoms with Gasteiger partial charge in [0.15, 0.2) is 0 Å². The maximum absolute atomic E-state index is 10.4. The quantitative estimate of drug-likeness (QED) is 0.832. The van der Waals surface area contributed by atoms with E-state index in [2.05, 4.69) is 11.8 Å². The Morgan fingerprint density at radius 1 is 1.35 bits per heavy atom. The maximum atomic E-state index is 10.4. The molecule has 1 saturated carbocycles. The highest BCUT2D eigenvalue weighted by Crippen LogP contribution is 2.27. The fourth-order valence-corrected chi connectivity index (χ4v) is 2.38. The molecule has 0 aliphatic heterocycles. The van der Waals surface area contributed by atoms with Crippen molar-refractivity contribution >= 4 is 0 Å². The van der Waals surface area contributed by atoms with Gasteiger partial charge >= 0.3 is 0 Å². The SMILES string of the molecule is C[C@@H](CN)Oc1cccc(C#CC2(O)CCCCC2)c1. The topological polar surface area (TPSA) is 55.5 Å². The lowest BCUT2D eigenvalue weighted by Gasteiger charge is -2.26. The predicted molar refractivity (Wildman–Crippen MR) is 80.5 cm³/mol. The van der Waals surface area contributed by atoms with E-state index in [1.54, 1.807) is 0 Å². The third-order valence-corrected chi connectivity index (χ3v) is 3.62. The van der Waals surface area contributed by atoms with Gasteiger partial charge in [-0.2, -0.15) is 0 Å². The first-order valence-electron chi connectivity index (χ1n) is 7.34. The molecule has 1 atom stereocenters. The number of aliphatic hydroxyl groups is 1. The van der Waals surface area contributed by atoms with Crippen molar-refractivity contribution in [2.75, 3.05) is 6.54 Å². The summed E-state index contributed by atoms with van der Waals surface area (Å²) < 4.78 is 5.67. The van der Waals surface area contributed by atoms with E-state index in [4.69, 9.17) is 10.5 Å². The van der Waals surface area contributed by atoms with Crippen molar-refractivity contribution in [3.8, 4) is 17.6 Å². The van der Waals surface area contributed by atoms with Crippen LogP contribution < -0.4 is 10.5 Å². The molecule has 1 aromatic carbocycles.